The van der Waals surface area contributed by atoms with Gasteiger partial charge in [0.2, 0.25) is 5.95 Å². The second-order valence-corrected chi connectivity index (χ2v) is 7.79. The number of halogens is 1. The molecule has 2 aromatic heterocycles. The average molecular weight is 437 g/mol. The number of ether oxygens (including phenoxy) is 1. The van der Waals surface area contributed by atoms with Gasteiger partial charge in [0, 0.05) is 23.9 Å². The van der Waals surface area contributed by atoms with Crippen molar-refractivity contribution in [3.05, 3.63) is 65.8 Å². The molecule has 0 aliphatic rings. The van der Waals surface area contributed by atoms with Crippen molar-refractivity contribution >= 4 is 40.1 Å². The van der Waals surface area contributed by atoms with Gasteiger partial charge in [-0.05, 0) is 56.7 Å². The summed E-state index contributed by atoms with van der Waals surface area (Å²) in [7, 11) is 0. The molecule has 7 nitrogen and oxygen atoms in total. The van der Waals surface area contributed by atoms with Crippen LogP contribution in [-0.4, -0.2) is 39.0 Å². The molecule has 160 valence electrons. The van der Waals surface area contributed by atoms with E-state index in [9.17, 15) is 0 Å². The Balaban J connectivity index is 1.65. The smallest absolute Gasteiger partial charge is 0.226 e. The Morgan fingerprint density at radius 1 is 1.03 bits per heavy atom. The van der Waals surface area contributed by atoms with Crippen molar-refractivity contribution in [2.24, 2.45) is 0 Å². The SMILES string of the molecule is CC(C)OCCCNc1nc(Nc2ccc(Cl)cc2)c2cnn(-c3ccccc3)c2n1. The molecular weight excluding hydrogens is 412 g/mol. The molecule has 2 heterocycles. The number of benzene rings is 2. The maximum atomic E-state index is 6.02. The van der Waals surface area contributed by atoms with Crippen molar-refractivity contribution < 1.29 is 4.74 Å². The minimum Gasteiger partial charge on any atom is -0.379 e. The fourth-order valence-corrected chi connectivity index (χ4v) is 3.23. The average Bonchev–Trinajstić information content (AvgIpc) is 3.20. The summed E-state index contributed by atoms with van der Waals surface area (Å²) >= 11 is 6.02. The van der Waals surface area contributed by atoms with Crippen molar-refractivity contribution in [2.45, 2.75) is 26.4 Å². The van der Waals surface area contributed by atoms with Gasteiger partial charge in [-0.3, -0.25) is 0 Å². The van der Waals surface area contributed by atoms with Gasteiger partial charge < -0.3 is 15.4 Å². The molecule has 0 bridgehead atoms. The number of aromatic nitrogens is 4. The molecule has 2 aromatic carbocycles. The highest BCUT2D eigenvalue weighted by atomic mass is 35.5. The van der Waals surface area contributed by atoms with E-state index in [-0.39, 0.29) is 6.10 Å². The summed E-state index contributed by atoms with van der Waals surface area (Å²) in [6.07, 6.45) is 2.86. The summed E-state index contributed by atoms with van der Waals surface area (Å²) < 4.78 is 7.43. The first-order valence-corrected chi connectivity index (χ1v) is 10.7. The molecule has 0 radical (unpaired) electrons. The largest absolute Gasteiger partial charge is 0.379 e. The van der Waals surface area contributed by atoms with Crippen LogP contribution in [0.1, 0.15) is 20.3 Å². The molecular formula is C23H25ClN6O. The quantitative estimate of drug-likeness (QED) is 0.340. The minimum atomic E-state index is 0.225. The Kier molecular flexibility index (Phi) is 6.64. The molecule has 0 fully saturated rings. The predicted molar refractivity (Wildman–Crippen MR) is 126 cm³/mol. The van der Waals surface area contributed by atoms with Crippen LogP contribution >= 0.6 is 11.6 Å². The fourth-order valence-electron chi connectivity index (χ4n) is 3.10. The molecule has 0 unspecified atom stereocenters. The maximum Gasteiger partial charge on any atom is 0.226 e. The topological polar surface area (TPSA) is 76.9 Å². The second kappa shape index (κ2) is 9.76. The molecule has 31 heavy (non-hydrogen) atoms. The van der Waals surface area contributed by atoms with E-state index in [1.165, 1.54) is 0 Å². The van der Waals surface area contributed by atoms with E-state index < -0.39 is 0 Å². The van der Waals surface area contributed by atoms with Gasteiger partial charge in [0.1, 0.15) is 5.82 Å². The van der Waals surface area contributed by atoms with Crippen molar-refractivity contribution in [2.75, 3.05) is 23.8 Å². The van der Waals surface area contributed by atoms with Gasteiger partial charge in [-0.2, -0.15) is 15.1 Å². The van der Waals surface area contributed by atoms with Crippen LogP contribution in [0, 0.1) is 0 Å². The number of fused-ring (bicyclic) bond motifs is 1. The van der Waals surface area contributed by atoms with E-state index in [0.717, 1.165) is 28.8 Å². The van der Waals surface area contributed by atoms with Gasteiger partial charge in [-0.15, -0.1) is 0 Å². The first-order valence-electron chi connectivity index (χ1n) is 10.3. The van der Waals surface area contributed by atoms with Crippen LogP contribution in [0.5, 0.6) is 0 Å². The molecule has 0 saturated heterocycles. The van der Waals surface area contributed by atoms with E-state index in [4.69, 9.17) is 26.3 Å². The molecule has 0 saturated carbocycles. The first-order chi connectivity index (χ1) is 15.1. The third-order valence-corrected chi connectivity index (χ3v) is 4.84. The Morgan fingerprint density at radius 2 is 1.81 bits per heavy atom. The van der Waals surface area contributed by atoms with E-state index in [1.807, 2.05) is 73.1 Å². The lowest BCUT2D eigenvalue weighted by Gasteiger charge is -2.12. The number of hydrogen-bond donors (Lipinski definition) is 2. The Bertz CT molecular complexity index is 1130. The van der Waals surface area contributed by atoms with Crippen LogP contribution in [0.2, 0.25) is 5.02 Å². The zero-order chi connectivity index (χ0) is 21.6. The number of nitrogens with zero attached hydrogens (tertiary/aromatic N) is 4. The van der Waals surface area contributed by atoms with Crippen molar-refractivity contribution in [3.63, 3.8) is 0 Å². The number of anilines is 3. The Hall–Kier alpha value is -3.16. The maximum absolute atomic E-state index is 6.02. The molecule has 8 heteroatoms. The third-order valence-electron chi connectivity index (χ3n) is 4.59. The lowest BCUT2D eigenvalue weighted by molar-refractivity contribution is 0.0787. The van der Waals surface area contributed by atoms with E-state index in [1.54, 1.807) is 6.20 Å². The lowest BCUT2D eigenvalue weighted by atomic mass is 10.3. The lowest BCUT2D eigenvalue weighted by Crippen LogP contribution is -2.12. The Morgan fingerprint density at radius 3 is 2.55 bits per heavy atom. The number of hydrogen-bond acceptors (Lipinski definition) is 6. The van der Waals surface area contributed by atoms with Crippen LogP contribution in [0.4, 0.5) is 17.5 Å². The van der Waals surface area contributed by atoms with Crippen molar-refractivity contribution in [1.29, 1.82) is 0 Å². The highest BCUT2D eigenvalue weighted by Gasteiger charge is 2.14. The predicted octanol–water partition coefficient (Wildman–Crippen LogP) is 5.44. The first kappa shape index (κ1) is 21.1. The highest BCUT2D eigenvalue weighted by Crippen LogP contribution is 2.27. The van der Waals surface area contributed by atoms with E-state index >= 15 is 0 Å². The Labute approximate surface area is 186 Å². The molecule has 4 aromatic rings. The van der Waals surface area contributed by atoms with Crippen molar-refractivity contribution in [3.8, 4) is 5.69 Å². The van der Waals surface area contributed by atoms with Crippen LogP contribution in [0.15, 0.2) is 60.8 Å². The zero-order valence-corrected chi connectivity index (χ0v) is 18.3. The number of rotatable bonds is 9. The molecule has 0 aliphatic carbocycles. The molecule has 0 atom stereocenters. The summed E-state index contributed by atoms with van der Waals surface area (Å²) in [5, 5.41) is 12.7. The van der Waals surface area contributed by atoms with Crippen LogP contribution in [-0.2, 0) is 4.74 Å². The molecule has 0 spiro atoms. The fraction of sp³-hybridized carbons (Fsp3) is 0.261. The monoisotopic (exact) mass is 436 g/mol. The van der Waals surface area contributed by atoms with E-state index in [2.05, 4.69) is 15.7 Å². The van der Waals surface area contributed by atoms with Crippen molar-refractivity contribution in [1.82, 2.24) is 19.7 Å². The van der Waals surface area contributed by atoms with Gasteiger partial charge in [0.25, 0.3) is 0 Å². The molecule has 0 aliphatic heterocycles. The van der Waals surface area contributed by atoms with Gasteiger partial charge >= 0.3 is 0 Å². The second-order valence-electron chi connectivity index (χ2n) is 7.36. The summed E-state index contributed by atoms with van der Waals surface area (Å²) in [6.45, 7) is 5.46. The van der Waals surface area contributed by atoms with Gasteiger partial charge in [-0.25, -0.2) is 4.68 Å². The molecule has 2 N–H and O–H groups in total. The number of para-hydroxylation sites is 1. The van der Waals surface area contributed by atoms with Gasteiger partial charge in [0.05, 0.1) is 23.4 Å². The summed E-state index contributed by atoms with van der Waals surface area (Å²) in [5.41, 5.74) is 2.54. The summed E-state index contributed by atoms with van der Waals surface area (Å²) in [5.74, 6) is 1.21. The zero-order valence-electron chi connectivity index (χ0n) is 17.5. The number of nitrogens with one attached hydrogen (secondary N) is 2. The van der Waals surface area contributed by atoms with Gasteiger partial charge in [0.15, 0.2) is 5.65 Å². The summed E-state index contributed by atoms with van der Waals surface area (Å²) in [6, 6.07) is 17.4. The van der Waals surface area contributed by atoms with Crippen LogP contribution in [0.3, 0.4) is 0 Å². The molecule has 0 amide bonds. The van der Waals surface area contributed by atoms with Gasteiger partial charge in [-0.1, -0.05) is 29.8 Å². The normalized spacial score (nSPS) is 11.2. The van der Waals surface area contributed by atoms with E-state index in [0.29, 0.717) is 29.9 Å². The summed E-state index contributed by atoms with van der Waals surface area (Å²) in [4.78, 5) is 9.43. The van der Waals surface area contributed by atoms with Crippen LogP contribution < -0.4 is 10.6 Å². The standard InChI is InChI=1S/C23H25ClN6O/c1-16(2)31-14-6-13-25-23-28-21(27-18-11-9-17(24)10-12-18)20-15-26-30(22(20)29-23)19-7-4-3-5-8-19/h3-5,7-12,15-16H,6,13-14H2,1-2H3,(H2,25,27,28,29). The minimum absolute atomic E-state index is 0.225. The molecule has 4 rings (SSSR count). The highest BCUT2D eigenvalue weighted by molar-refractivity contribution is 6.30. The third kappa shape index (κ3) is 5.31. The van der Waals surface area contributed by atoms with Crippen LogP contribution in [0.25, 0.3) is 16.7 Å².